The number of ether oxygens (including phenoxy) is 1. The van der Waals surface area contributed by atoms with Gasteiger partial charge in [-0.25, -0.2) is 0 Å². The van der Waals surface area contributed by atoms with Crippen LogP contribution in [0, 0.1) is 0 Å². The van der Waals surface area contributed by atoms with Crippen molar-refractivity contribution >= 4 is 5.84 Å². The van der Waals surface area contributed by atoms with Crippen molar-refractivity contribution in [2.24, 2.45) is 10.9 Å². The maximum atomic E-state index is 8.35. The summed E-state index contributed by atoms with van der Waals surface area (Å²) in [6, 6.07) is 0.446. The van der Waals surface area contributed by atoms with Gasteiger partial charge in [0.25, 0.3) is 0 Å². The van der Waals surface area contributed by atoms with E-state index in [9.17, 15) is 0 Å². The average molecular weight is 203 g/mol. The first-order chi connectivity index (χ1) is 6.61. The van der Waals surface area contributed by atoms with Crippen molar-refractivity contribution in [1.29, 1.82) is 0 Å². The van der Waals surface area contributed by atoms with Gasteiger partial charge in [0.15, 0.2) is 0 Å². The van der Waals surface area contributed by atoms with Gasteiger partial charge in [-0.1, -0.05) is 5.16 Å². The number of nitrogens with zero attached hydrogens (tertiary/aromatic N) is 2. The molecule has 0 bridgehead atoms. The Kier molecular flexibility index (Phi) is 7.14. The molecule has 14 heavy (non-hydrogen) atoms. The molecule has 0 amide bonds. The Balaban J connectivity index is 3.66. The maximum Gasteiger partial charge on any atom is 0.140 e. The molecule has 1 atom stereocenters. The van der Waals surface area contributed by atoms with Crippen LogP contribution in [0.25, 0.3) is 0 Å². The molecule has 84 valence electrons. The molecule has 5 nitrogen and oxygen atoms in total. The van der Waals surface area contributed by atoms with Crippen LogP contribution >= 0.6 is 0 Å². The lowest BCUT2D eigenvalue weighted by atomic mass is 10.2. The lowest BCUT2D eigenvalue weighted by molar-refractivity contribution is 0.154. The molecule has 0 aliphatic rings. The van der Waals surface area contributed by atoms with Crippen LogP contribution in [0.3, 0.4) is 0 Å². The smallest absolute Gasteiger partial charge is 0.140 e. The van der Waals surface area contributed by atoms with E-state index in [0.717, 1.165) is 19.6 Å². The van der Waals surface area contributed by atoms with Crippen LogP contribution in [-0.2, 0) is 4.74 Å². The zero-order chi connectivity index (χ0) is 11.0. The number of methoxy groups -OCH3 is 1. The van der Waals surface area contributed by atoms with E-state index in [-0.39, 0.29) is 5.84 Å². The monoisotopic (exact) mass is 203 g/mol. The predicted octanol–water partition coefficient (Wildman–Crippen LogP) is 0.480. The lowest BCUT2D eigenvalue weighted by Gasteiger charge is -2.23. The van der Waals surface area contributed by atoms with Gasteiger partial charge in [0.2, 0.25) is 0 Å². The highest BCUT2D eigenvalue weighted by Crippen LogP contribution is 2.01. The molecule has 0 heterocycles. The maximum absolute atomic E-state index is 8.35. The predicted molar refractivity (Wildman–Crippen MR) is 56.6 cm³/mol. The van der Waals surface area contributed by atoms with E-state index in [1.54, 1.807) is 7.11 Å². The van der Waals surface area contributed by atoms with Gasteiger partial charge in [0, 0.05) is 32.7 Å². The van der Waals surface area contributed by atoms with Crippen LogP contribution in [-0.4, -0.2) is 49.3 Å². The minimum atomic E-state index is 0.274. The van der Waals surface area contributed by atoms with E-state index in [1.807, 2.05) is 7.05 Å². The zero-order valence-electron chi connectivity index (χ0n) is 9.23. The largest absolute Gasteiger partial charge is 0.409 e. The Morgan fingerprint density at radius 1 is 1.64 bits per heavy atom. The minimum Gasteiger partial charge on any atom is -0.409 e. The first kappa shape index (κ1) is 13.2. The molecule has 5 heteroatoms. The van der Waals surface area contributed by atoms with E-state index >= 15 is 0 Å². The van der Waals surface area contributed by atoms with E-state index < -0.39 is 0 Å². The van der Waals surface area contributed by atoms with Crippen molar-refractivity contribution in [2.75, 3.05) is 27.3 Å². The third-order valence-electron chi connectivity index (χ3n) is 2.34. The first-order valence-electron chi connectivity index (χ1n) is 4.77. The van der Waals surface area contributed by atoms with Gasteiger partial charge in [-0.15, -0.1) is 0 Å². The highest BCUT2D eigenvalue weighted by atomic mass is 16.5. The lowest BCUT2D eigenvalue weighted by Crippen LogP contribution is -2.33. The Morgan fingerprint density at radius 2 is 2.29 bits per heavy atom. The van der Waals surface area contributed by atoms with Crippen molar-refractivity contribution in [3.8, 4) is 0 Å². The Bertz CT molecular complexity index is 173. The van der Waals surface area contributed by atoms with Crippen LogP contribution in [0.2, 0.25) is 0 Å². The SMILES string of the molecule is COCCC(C)N(C)CCC(N)=NO. The Morgan fingerprint density at radius 3 is 2.79 bits per heavy atom. The van der Waals surface area contributed by atoms with Gasteiger partial charge in [0.1, 0.15) is 5.84 Å². The van der Waals surface area contributed by atoms with Crippen LogP contribution in [0.1, 0.15) is 19.8 Å². The fourth-order valence-corrected chi connectivity index (χ4v) is 1.07. The molecule has 0 aromatic carbocycles. The van der Waals surface area contributed by atoms with Gasteiger partial charge < -0.3 is 20.6 Å². The third-order valence-corrected chi connectivity index (χ3v) is 2.34. The summed E-state index contributed by atoms with van der Waals surface area (Å²) in [4.78, 5) is 2.16. The van der Waals surface area contributed by atoms with Gasteiger partial charge >= 0.3 is 0 Å². The summed E-state index contributed by atoms with van der Waals surface area (Å²) in [7, 11) is 3.72. The van der Waals surface area contributed by atoms with E-state index in [4.69, 9.17) is 15.7 Å². The number of amidine groups is 1. The number of hydrogen-bond acceptors (Lipinski definition) is 4. The second-order valence-electron chi connectivity index (χ2n) is 3.45. The molecule has 0 aromatic heterocycles. The fourth-order valence-electron chi connectivity index (χ4n) is 1.07. The zero-order valence-corrected chi connectivity index (χ0v) is 9.23. The summed E-state index contributed by atoms with van der Waals surface area (Å²) in [6.07, 6.45) is 1.58. The molecule has 0 saturated carbocycles. The molecule has 3 N–H and O–H groups in total. The second-order valence-corrected chi connectivity index (χ2v) is 3.45. The van der Waals surface area contributed by atoms with Crippen LogP contribution < -0.4 is 5.73 Å². The second kappa shape index (κ2) is 7.58. The number of rotatable bonds is 7. The molecule has 0 aromatic rings. The molecular formula is C9H21N3O2. The van der Waals surface area contributed by atoms with Crippen LogP contribution in [0.4, 0.5) is 0 Å². The topological polar surface area (TPSA) is 71.1 Å². The van der Waals surface area contributed by atoms with Gasteiger partial charge in [-0.05, 0) is 20.4 Å². The normalized spacial score (nSPS) is 14.7. The summed E-state index contributed by atoms with van der Waals surface area (Å²) in [5.41, 5.74) is 5.37. The summed E-state index contributed by atoms with van der Waals surface area (Å²) >= 11 is 0. The Hall–Kier alpha value is -0.810. The van der Waals surface area contributed by atoms with Gasteiger partial charge in [-0.3, -0.25) is 0 Å². The summed E-state index contributed by atoms with van der Waals surface area (Å²) in [5.74, 6) is 0.274. The van der Waals surface area contributed by atoms with Gasteiger partial charge in [-0.2, -0.15) is 0 Å². The summed E-state index contributed by atoms with van der Waals surface area (Å²) in [6.45, 7) is 3.68. The molecular weight excluding hydrogens is 182 g/mol. The number of oxime groups is 1. The highest BCUT2D eigenvalue weighted by molar-refractivity contribution is 5.79. The Labute approximate surface area is 85.5 Å². The molecule has 0 rings (SSSR count). The molecule has 0 radical (unpaired) electrons. The van der Waals surface area contributed by atoms with Crippen LogP contribution in [0.5, 0.6) is 0 Å². The van der Waals surface area contributed by atoms with Gasteiger partial charge in [0.05, 0.1) is 0 Å². The molecule has 0 aliphatic heterocycles. The standard InChI is InChI=1S/C9H21N3O2/c1-8(5-7-14-3)12(2)6-4-9(10)11-13/h8,13H,4-7H2,1-3H3,(H2,10,11). The first-order valence-corrected chi connectivity index (χ1v) is 4.77. The van der Waals surface area contributed by atoms with E-state index in [2.05, 4.69) is 17.0 Å². The van der Waals surface area contributed by atoms with Crippen molar-refractivity contribution in [3.05, 3.63) is 0 Å². The number of hydrogen-bond donors (Lipinski definition) is 2. The molecule has 0 fully saturated rings. The average Bonchev–Trinajstić information content (AvgIpc) is 2.21. The van der Waals surface area contributed by atoms with Crippen molar-refractivity contribution in [2.45, 2.75) is 25.8 Å². The molecule has 0 saturated heterocycles. The summed E-state index contributed by atoms with van der Waals surface area (Å²) < 4.78 is 4.99. The summed E-state index contributed by atoms with van der Waals surface area (Å²) in [5, 5.41) is 11.3. The number of nitrogens with two attached hydrogens (primary N) is 1. The van der Waals surface area contributed by atoms with Crippen molar-refractivity contribution in [1.82, 2.24) is 4.90 Å². The quantitative estimate of drug-likeness (QED) is 0.273. The molecule has 0 aliphatic carbocycles. The molecule has 0 spiro atoms. The van der Waals surface area contributed by atoms with E-state index in [1.165, 1.54) is 0 Å². The minimum absolute atomic E-state index is 0.274. The highest BCUT2D eigenvalue weighted by Gasteiger charge is 2.08. The third kappa shape index (κ3) is 5.77. The van der Waals surface area contributed by atoms with Crippen molar-refractivity contribution < 1.29 is 9.94 Å². The fraction of sp³-hybridized carbons (Fsp3) is 0.889. The van der Waals surface area contributed by atoms with E-state index in [0.29, 0.717) is 12.5 Å². The molecule has 1 unspecified atom stereocenters. The van der Waals surface area contributed by atoms with Crippen LogP contribution in [0.15, 0.2) is 5.16 Å². The van der Waals surface area contributed by atoms with Crippen molar-refractivity contribution in [3.63, 3.8) is 0 Å².